The van der Waals surface area contributed by atoms with Crippen molar-refractivity contribution in [2.24, 2.45) is 0 Å². The van der Waals surface area contributed by atoms with E-state index in [4.69, 9.17) is 10.0 Å². The molecule has 82 valence electrons. The summed E-state index contributed by atoms with van der Waals surface area (Å²) in [4.78, 5) is 4.20. The molecule has 0 fully saturated rings. The Morgan fingerprint density at radius 2 is 1.62 bits per heavy atom. The lowest BCUT2D eigenvalue weighted by Gasteiger charge is -2.02. The van der Waals surface area contributed by atoms with Crippen LogP contribution in [0.5, 0.6) is 0 Å². The van der Waals surface area contributed by atoms with Gasteiger partial charge in [0, 0.05) is 11.8 Å². The molecule has 1 aromatic carbocycles. The van der Waals surface area contributed by atoms with E-state index in [9.17, 15) is 0 Å². The molecule has 4 heteroatoms. The van der Waals surface area contributed by atoms with E-state index in [2.05, 4.69) is 4.98 Å². The van der Waals surface area contributed by atoms with Crippen molar-refractivity contribution in [2.45, 2.75) is 7.43 Å². The molecule has 0 spiro atoms. The predicted molar refractivity (Wildman–Crippen MR) is 66.2 cm³/mol. The zero-order chi connectivity index (χ0) is 10.7. The molecule has 0 saturated carbocycles. The number of hydrogen-bond acceptors (Lipinski definition) is 3. The van der Waals surface area contributed by atoms with Crippen LogP contribution in [-0.2, 0) is 0 Å². The zero-order valence-electron chi connectivity index (χ0n) is 8.04. The molecule has 0 amide bonds. The molecule has 1 heterocycles. The van der Waals surface area contributed by atoms with Crippen LogP contribution in [0.1, 0.15) is 7.43 Å². The van der Waals surface area contributed by atoms with Crippen molar-refractivity contribution >= 4 is 12.6 Å². The quantitative estimate of drug-likeness (QED) is 0.736. The van der Waals surface area contributed by atoms with Gasteiger partial charge < -0.3 is 10.0 Å². The molecule has 16 heavy (non-hydrogen) atoms. The van der Waals surface area contributed by atoms with Crippen LogP contribution in [0.3, 0.4) is 0 Å². The third-order valence-electron chi connectivity index (χ3n) is 2.17. The first-order chi connectivity index (χ1) is 7.27. The number of hydrogen-bond donors (Lipinski definition) is 2. The highest BCUT2D eigenvalue weighted by Crippen LogP contribution is 2.13. The minimum Gasteiger partial charge on any atom is -0.423 e. The third kappa shape index (κ3) is 2.69. The van der Waals surface area contributed by atoms with Gasteiger partial charge in [-0.2, -0.15) is 0 Å². The van der Waals surface area contributed by atoms with Crippen LogP contribution in [0.25, 0.3) is 11.3 Å². The average Bonchev–Trinajstić information content (AvgIpc) is 2.30. The summed E-state index contributed by atoms with van der Waals surface area (Å²) in [6.45, 7) is 0. The smallest absolute Gasteiger partial charge is 0.423 e. The maximum Gasteiger partial charge on any atom is 0.488 e. The first-order valence-corrected chi connectivity index (χ1v) is 4.65. The maximum absolute atomic E-state index is 8.93. The van der Waals surface area contributed by atoms with E-state index in [-0.39, 0.29) is 7.43 Å². The van der Waals surface area contributed by atoms with Crippen LogP contribution in [0, 0.1) is 0 Å². The molecule has 0 aliphatic heterocycles. The molecule has 2 rings (SSSR count). The fourth-order valence-electron chi connectivity index (χ4n) is 1.36. The Hall–Kier alpha value is -1.65. The number of rotatable bonds is 2. The fraction of sp³-hybridized carbons (Fsp3) is 0.0833. The molecule has 0 atom stereocenters. The number of aromatic nitrogens is 1. The van der Waals surface area contributed by atoms with Gasteiger partial charge in [0.05, 0.1) is 5.69 Å². The van der Waals surface area contributed by atoms with Crippen molar-refractivity contribution < 1.29 is 10.0 Å². The van der Waals surface area contributed by atoms with E-state index in [1.54, 1.807) is 18.3 Å². The highest BCUT2D eigenvalue weighted by molar-refractivity contribution is 6.58. The monoisotopic (exact) mass is 215 g/mol. The van der Waals surface area contributed by atoms with E-state index < -0.39 is 7.12 Å². The first-order valence-electron chi connectivity index (χ1n) is 4.65. The van der Waals surface area contributed by atoms with Crippen molar-refractivity contribution in [1.29, 1.82) is 0 Å². The molecule has 3 nitrogen and oxygen atoms in total. The Labute approximate surface area is 95.6 Å². The third-order valence-corrected chi connectivity index (χ3v) is 2.17. The lowest BCUT2D eigenvalue weighted by atomic mass is 9.80. The average molecular weight is 215 g/mol. The van der Waals surface area contributed by atoms with E-state index in [1.165, 1.54) is 0 Å². The highest BCUT2D eigenvalue weighted by Gasteiger charge is 2.09. The molecule has 0 aliphatic rings. The van der Waals surface area contributed by atoms with Crippen LogP contribution >= 0.6 is 0 Å². The van der Waals surface area contributed by atoms with E-state index in [1.807, 2.05) is 30.3 Å². The first kappa shape index (κ1) is 12.4. The van der Waals surface area contributed by atoms with Crippen molar-refractivity contribution in [2.75, 3.05) is 0 Å². The van der Waals surface area contributed by atoms with Gasteiger partial charge in [-0.15, -0.1) is 0 Å². The Kier molecular flexibility index (Phi) is 4.23. The second kappa shape index (κ2) is 5.44. The largest absolute Gasteiger partial charge is 0.488 e. The lowest BCUT2D eigenvalue weighted by Crippen LogP contribution is -2.29. The van der Waals surface area contributed by atoms with Crippen LogP contribution in [0.4, 0.5) is 0 Å². The van der Waals surface area contributed by atoms with Crippen LogP contribution in [0.2, 0.25) is 0 Å². The van der Waals surface area contributed by atoms with E-state index in [0.717, 1.165) is 11.3 Å². The van der Waals surface area contributed by atoms with Gasteiger partial charge in [-0.1, -0.05) is 37.8 Å². The van der Waals surface area contributed by atoms with Gasteiger partial charge in [-0.3, -0.25) is 4.98 Å². The van der Waals surface area contributed by atoms with Gasteiger partial charge in [0.25, 0.3) is 0 Å². The summed E-state index contributed by atoms with van der Waals surface area (Å²) in [7, 11) is -1.41. The van der Waals surface area contributed by atoms with Crippen LogP contribution < -0.4 is 5.46 Å². The van der Waals surface area contributed by atoms with Crippen molar-refractivity contribution in [3.8, 4) is 11.3 Å². The molecule has 2 N–H and O–H groups in total. The van der Waals surface area contributed by atoms with Gasteiger partial charge in [-0.05, 0) is 17.6 Å². The second-order valence-electron chi connectivity index (χ2n) is 3.21. The number of benzene rings is 1. The van der Waals surface area contributed by atoms with Gasteiger partial charge in [0.1, 0.15) is 0 Å². The molecule has 0 bridgehead atoms. The molecule has 0 saturated heterocycles. The summed E-state index contributed by atoms with van der Waals surface area (Å²) >= 11 is 0. The molecule has 0 unspecified atom stereocenters. The van der Waals surface area contributed by atoms with Crippen LogP contribution in [-0.4, -0.2) is 22.2 Å². The Morgan fingerprint density at radius 3 is 2.12 bits per heavy atom. The normalized spacial score (nSPS) is 9.38. The summed E-state index contributed by atoms with van der Waals surface area (Å²) in [5.41, 5.74) is 2.31. The zero-order valence-corrected chi connectivity index (χ0v) is 8.04. The lowest BCUT2D eigenvalue weighted by molar-refractivity contribution is 0.426. The van der Waals surface area contributed by atoms with E-state index in [0.29, 0.717) is 5.46 Å². The minimum absolute atomic E-state index is 0. The van der Waals surface area contributed by atoms with Gasteiger partial charge in [0.2, 0.25) is 0 Å². The molecular formula is C12H14BNO2. The van der Waals surface area contributed by atoms with Crippen molar-refractivity contribution in [1.82, 2.24) is 4.98 Å². The summed E-state index contributed by atoms with van der Waals surface area (Å²) in [6, 6.07) is 12.7. The van der Waals surface area contributed by atoms with Gasteiger partial charge in [0.15, 0.2) is 0 Å². The Balaban J connectivity index is 0.00000128. The van der Waals surface area contributed by atoms with Gasteiger partial charge in [-0.25, -0.2) is 0 Å². The topological polar surface area (TPSA) is 53.4 Å². The van der Waals surface area contributed by atoms with Crippen molar-refractivity contribution in [3.05, 3.63) is 48.7 Å². The highest BCUT2D eigenvalue weighted by atomic mass is 16.4. The molecule has 0 radical (unpaired) electrons. The predicted octanol–water partition coefficient (Wildman–Crippen LogP) is 1.06. The molecule has 1 aromatic heterocycles. The summed E-state index contributed by atoms with van der Waals surface area (Å²) in [5, 5.41) is 17.9. The number of nitrogens with zero attached hydrogens (tertiary/aromatic N) is 1. The number of pyridine rings is 1. The fourth-order valence-corrected chi connectivity index (χ4v) is 1.36. The Bertz CT molecular complexity index is 429. The Morgan fingerprint density at radius 1 is 0.938 bits per heavy atom. The van der Waals surface area contributed by atoms with Gasteiger partial charge >= 0.3 is 7.12 Å². The summed E-state index contributed by atoms with van der Waals surface area (Å²) in [5.74, 6) is 0. The standard InChI is InChI=1S/C11H10BNO2.CH4/c14-12(15)10-6-4-9(5-7-10)11-3-1-2-8-13-11;/h1-8,14-15H;1H4. The molecular weight excluding hydrogens is 201 g/mol. The summed E-state index contributed by atoms with van der Waals surface area (Å²) < 4.78 is 0. The molecule has 0 aliphatic carbocycles. The van der Waals surface area contributed by atoms with Crippen LogP contribution in [0.15, 0.2) is 48.7 Å². The summed E-state index contributed by atoms with van der Waals surface area (Å²) in [6.07, 6.45) is 1.73. The maximum atomic E-state index is 8.93. The SMILES string of the molecule is C.OB(O)c1ccc(-c2ccccn2)cc1. The second-order valence-corrected chi connectivity index (χ2v) is 3.21. The minimum atomic E-state index is -1.41. The van der Waals surface area contributed by atoms with E-state index >= 15 is 0 Å². The molecule has 2 aromatic rings. The van der Waals surface area contributed by atoms with Crippen molar-refractivity contribution in [3.63, 3.8) is 0 Å².